The molecule has 1 amide bonds. The van der Waals surface area contributed by atoms with Crippen molar-refractivity contribution in [3.63, 3.8) is 0 Å². The van der Waals surface area contributed by atoms with Gasteiger partial charge in [-0.15, -0.1) is 0 Å². The molecule has 0 N–H and O–H groups in total. The lowest BCUT2D eigenvalue weighted by Crippen LogP contribution is -2.41. The quantitative estimate of drug-likeness (QED) is 0.389. The fourth-order valence-electron chi connectivity index (χ4n) is 2.58. The highest BCUT2D eigenvalue weighted by atomic mass is 32.2. The van der Waals surface area contributed by atoms with E-state index in [2.05, 4.69) is 4.18 Å². The van der Waals surface area contributed by atoms with Gasteiger partial charge in [0.25, 0.3) is 0 Å². The lowest BCUT2D eigenvalue weighted by molar-refractivity contribution is -0.154. The van der Waals surface area contributed by atoms with Crippen LogP contribution in [0.25, 0.3) is 0 Å². The van der Waals surface area contributed by atoms with Gasteiger partial charge in [0.05, 0.1) is 13.0 Å². The molecule has 0 radical (unpaired) electrons. The molecule has 0 saturated carbocycles. The Morgan fingerprint density at radius 3 is 2.48 bits per heavy atom. The van der Waals surface area contributed by atoms with E-state index in [4.69, 9.17) is 4.74 Å². The highest BCUT2D eigenvalue weighted by Crippen LogP contribution is 2.25. The number of amides is 1. The summed E-state index contributed by atoms with van der Waals surface area (Å²) < 4.78 is 67.1. The van der Waals surface area contributed by atoms with E-state index in [1.165, 1.54) is 4.90 Å². The first-order chi connectivity index (χ1) is 12.6. The van der Waals surface area contributed by atoms with E-state index < -0.39 is 46.6 Å². The number of hydrogen-bond donors (Lipinski definition) is 0. The average Bonchev–Trinajstić information content (AvgIpc) is 3.09. The van der Waals surface area contributed by atoms with Gasteiger partial charge in [-0.1, -0.05) is 30.3 Å². The number of halogens is 3. The Hall–Kier alpha value is -2.14. The molecule has 1 aromatic rings. The Labute approximate surface area is 154 Å². The second-order valence-corrected chi connectivity index (χ2v) is 7.42. The molecule has 0 unspecified atom stereocenters. The number of rotatable bonds is 7. The average molecular weight is 409 g/mol. The first-order valence-corrected chi connectivity index (χ1v) is 9.48. The van der Waals surface area contributed by atoms with Crippen molar-refractivity contribution < 1.29 is 40.1 Å². The van der Waals surface area contributed by atoms with Gasteiger partial charge in [-0.05, 0) is 18.4 Å². The predicted molar refractivity (Wildman–Crippen MR) is 86.5 cm³/mol. The zero-order valence-electron chi connectivity index (χ0n) is 14.1. The largest absolute Gasteiger partial charge is 0.523 e. The minimum absolute atomic E-state index is 0.0329. The van der Waals surface area contributed by atoms with Crippen LogP contribution in [0.2, 0.25) is 0 Å². The third kappa shape index (κ3) is 5.67. The van der Waals surface area contributed by atoms with Gasteiger partial charge < -0.3 is 9.64 Å². The number of esters is 1. The van der Waals surface area contributed by atoms with Crippen molar-refractivity contribution in [2.75, 3.05) is 13.2 Å². The van der Waals surface area contributed by atoms with Crippen LogP contribution in [0.1, 0.15) is 24.8 Å². The van der Waals surface area contributed by atoms with Gasteiger partial charge in [-0.2, -0.15) is 21.6 Å². The van der Waals surface area contributed by atoms with Crippen LogP contribution in [-0.4, -0.2) is 49.9 Å². The van der Waals surface area contributed by atoms with Crippen LogP contribution in [0.15, 0.2) is 30.3 Å². The molecular weight excluding hydrogens is 391 g/mol. The highest BCUT2D eigenvalue weighted by Gasteiger charge is 2.47. The summed E-state index contributed by atoms with van der Waals surface area (Å²) in [7, 11) is -5.75. The second-order valence-electron chi connectivity index (χ2n) is 5.81. The van der Waals surface area contributed by atoms with Crippen LogP contribution in [0.5, 0.6) is 0 Å². The summed E-state index contributed by atoms with van der Waals surface area (Å²) in [5, 5.41) is 0. The van der Waals surface area contributed by atoms with Gasteiger partial charge in [0, 0.05) is 6.54 Å². The molecule has 1 aliphatic rings. The molecule has 1 saturated heterocycles. The Balaban J connectivity index is 1.85. The zero-order chi connectivity index (χ0) is 20.1. The van der Waals surface area contributed by atoms with Gasteiger partial charge in [0.1, 0.15) is 12.6 Å². The fraction of sp³-hybridized carbons (Fsp3) is 0.500. The predicted octanol–water partition coefficient (Wildman–Crippen LogP) is 1.98. The Bertz CT molecular complexity index is 766. The van der Waals surface area contributed by atoms with Crippen LogP contribution in [0, 0.1) is 0 Å². The van der Waals surface area contributed by atoms with Gasteiger partial charge >= 0.3 is 21.6 Å². The van der Waals surface area contributed by atoms with E-state index in [0.29, 0.717) is 12.8 Å². The van der Waals surface area contributed by atoms with Crippen molar-refractivity contribution >= 4 is 22.0 Å². The number of nitrogens with zero attached hydrogens (tertiary/aromatic N) is 1. The maximum Gasteiger partial charge on any atom is 0.523 e. The van der Waals surface area contributed by atoms with E-state index in [-0.39, 0.29) is 13.2 Å². The molecule has 27 heavy (non-hydrogen) atoms. The van der Waals surface area contributed by atoms with Crippen LogP contribution >= 0.6 is 0 Å². The molecule has 1 aliphatic heterocycles. The maximum atomic E-state index is 12.2. The van der Waals surface area contributed by atoms with Crippen molar-refractivity contribution in [3.05, 3.63) is 35.9 Å². The smallest absolute Gasteiger partial charge is 0.459 e. The van der Waals surface area contributed by atoms with E-state index in [1.807, 2.05) is 6.07 Å². The van der Waals surface area contributed by atoms with Crippen LogP contribution in [0.4, 0.5) is 13.2 Å². The van der Waals surface area contributed by atoms with Crippen molar-refractivity contribution in [2.45, 2.75) is 37.4 Å². The van der Waals surface area contributed by atoms with Crippen LogP contribution < -0.4 is 0 Å². The van der Waals surface area contributed by atoms with Gasteiger partial charge in [0.2, 0.25) is 5.91 Å². The standard InChI is InChI=1S/C16H18F3NO6S/c17-16(18,19)27(23,24)26-10-8-14(21)20-9-4-7-13(20)15(22)25-11-12-5-2-1-3-6-12/h1-3,5-6,13H,4,7-11H2/t13-/m1/s1. The number of carbonyl (C=O) groups is 2. The number of hydrogen-bond acceptors (Lipinski definition) is 6. The molecular formula is C16H18F3NO6S. The van der Waals surface area contributed by atoms with Crippen molar-refractivity contribution in [1.82, 2.24) is 4.90 Å². The van der Waals surface area contributed by atoms with E-state index in [9.17, 15) is 31.2 Å². The van der Waals surface area contributed by atoms with Gasteiger partial charge in [0.15, 0.2) is 0 Å². The Morgan fingerprint density at radius 2 is 1.85 bits per heavy atom. The number of alkyl halides is 3. The van der Waals surface area contributed by atoms with Crippen molar-refractivity contribution in [3.8, 4) is 0 Å². The summed E-state index contributed by atoms with van der Waals surface area (Å²) in [4.78, 5) is 25.5. The SMILES string of the molecule is O=C(OCc1ccccc1)[C@H]1CCCN1C(=O)CCOS(=O)(=O)C(F)(F)F. The first kappa shape index (κ1) is 21.2. The molecule has 2 rings (SSSR count). The third-order valence-electron chi connectivity index (χ3n) is 3.91. The second kappa shape index (κ2) is 8.70. The lowest BCUT2D eigenvalue weighted by Gasteiger charge is -2.23. The molecule has 0 aliphatic carbocycles. The molecule has 0 spiro atoms. The molecule has 1 heterocycles. The highest BCUT2D eigenvalue weighted by molar-refractivity contribution is 7.87. The topological polar surface area (TPSA) is 90.0 Å². The summed E-state index contributed by atoms with van der Waals surface area (Å²) >= 11 is 0. The molecule has 1 fully saturated rings. The Morgan fingerprint density at radius 1 is 1.19 bits per heavy atom. The molecule has 11 heteroatoms. The number of carbonyl (C=O) groups excluding carboxylic acids is 2. The number of likely N-dealkylation sites (tertiary alicyclic amines) is 1. The minimum atomic E-state index is -5.75. The Kier molecular flexibility index (Phi) is 6.82. The van der Waals surface area contributed by atoms with Crippen LogP contribution in [-0.2, 0) is 35.2 Å². The number of ether oxygens (including phenoxy) is 1. The fourth-order valence-corrected chi connectivity index (χ4v) is 3.02. The summed E-state index contributed by atoms with van der Waals surface area (Å²) in [6.45, 7) is -0.690. The lowest BCUT2D eigenvalue weighted by atomic mass is 10.2. The zero-order valence-corrected chi connectivity index (χ0v) is 15.0. The van der Waals surface area contributed by atoms with Gasteiger partial charge in [-0.3, -0.25) is 8.98 Å². The monoisotopic (exact) mass is 409 g/mol. The third-order valence-corrected chi connectivity index (χ3v) is 4.95. The maximum absolute atomic E-state index is 12.2. The molecule has 1 atom stereocenters. The van der Waals surface area contributed by atoms with E-state index in [0.717, 1.165) is 5.56 Å². The normalized spacial score (nSPS) is 17.7. The van der Waals surface area contributed by atoms with E-state index in [1.54, 1.807) is 24.3 Å². The van der Waals surface area contributed by atoms with Gasteiger partial charge in [-0.25, -0.2) is 4.79 Å². The molecule has 150 valence electrons. The van der Waals surface area contributed by atoms with Crippen LogP contribution in [0.3, 0.4) is 0 Å². The molecule has 1 aromatic carbocycles. The molecule has 7 nitrogen and oxygen atoms in total. The molecule has 0 aromatic heterocycles. The molecule has 0 bridgehead atoms. The minimum Gasteiger partial charge on any atom is -0.459 e. The first-order valence-electron chi connectivity index (χ1n) is 8.07. The van der Waals surface area contributed by atoms with Crippen molar-refractivity contribution in [2.24, 2.45) is 0 Å². The number of benzene rings is 1. The van der Waals surface area contributed by atoms with E-state index >= 15 is 0 Å². The summed E-state index contributed by atoms with van der Waals surface area (Å²) in [6, 6.07) is 8.06. The summed E-state index contributed by atoms with van der Waals surface area (Å²) in [5.74, 6) is -1.29. The summed E-state index contributed by atoms with van der Waals surface area (Å²) in [6.07, 6.45) is 0.289. The summed E-state index contributed by atoms with van der Waals surface area (Å²) in [5.41, 5.74) is -4.78. The van der Waals surface area contributed by atoms with Crippen molar-refractivity contribution in [1.29, 1.82) is 0 Å².